The van der Waals surface area contributed by atoms with Crippen molar-refractivity contribution in [3.63, 3.8) is 0 Å². The molecule has 0 bridgehead atoms. The van der Waals surface area contributed by atoms with Crippen LogP contribution in [-0.4, -0.2) is 82.0 Å². The van der Waals surface area contributed by atoms with Crippen LogP contribution in [0.3, 0.4) is 0 Å². The third kappa shape index (κ3) is 22.6. The summed E-state index contributed by atoms with van der Waals surface area (Å²) in [5.74, 6) is -2.04. The fraction of sp³-hybridized carbons (Fsp3) is 0.778. The molecule has 0 aromatic rings. The van der Waals surface area contributed by atoms with E-state index in [0.29, 0.717) is 39.6 Å². The smallest absolute Gasteiger partial charge is 0.330 e. The first-order valence-electron chi connectivity index (χ1n) is 13.9. The highest BCUT2D eigenvalue weighted by molar-refractivity contribution is 8.68. The summed E-state index contributed by atoms with van der Waals surface area (Å²) in [5, 5.41) is -0.772. The van der Waals surface area contributed by atoms with Gasteiger partial charge in [0.2, 0.25) is 11.4 Å². The monoisotopic (exact) mass is 756 g/mol. The molecule has 2 saturated heterocycles. The van der Waals surface area contributed by atoms with E-state index in [1.54, 1.807) is 27.7 Å². The lowest BCUT2D eigenvalue weighted by Gasteiger charge is -2.36. The average Bonchev–Trinajstić information content (AvgIpc) is 2.93. The van der Waals surface area contributed by atoms with Gasteiger partial charge in [-0.1, -0.05) is 58.8 Å². The van der Waals surface area contributed by atoms with Crippen molar-refractivity contribution in [3.8, 4) is 0 Å². The van der Waals surface area contributed by atoms with Gasteiger partial charge in [-0.25, -0.2) is 9.59 Å². The molecule has 2 rings (SSSR count). The Labute approximate surface area is 287 Å². The van der Waals surface area contributed by atoms with Crippen molar-refractivity contribution >= 4 is 82.5 Å². The van der Waals surface area contributed by atoms with Gasteiger partial charge in [-0.15, -0.1) is 0 Å². The number of carbonyl (C=O) groups is 4. The maximum absolute atomic E-state index is 12.0. The number of carbonyl (C=O) groups excluding carboxylic acids is 4. The van der Waals surface area contributed by atoms with Crippen LogP contribution in [0.15, 0.2) is 12.2 Å². The first-order chi connectivity index (χ1) is 20.3. The van der Waals surface area contributed by atoms with E-state index in [-0.39, 0.29) is 37.9 Å². The highest BCUT2D eigenvalue weighted by Gasteiger charge is 2.39. The molecule has 0 amide bonds. The summed E-state index contributed by atoms with van der Waals surface area (Å²) in [7, 11) is 0. The predicted octanol–water partition coefficient (Wildman–Crippen LogP) is 6.42. The molecule has 12 nitrogen and oxygen atoms in total. The van der Waals surface area contributed by atoms with Crippen LogP contribution in [0.25, 0.3) is 0 Å². The Morgan fingerprint density at radius 1 is 0.756 bits per heavy atom. The second-order valence-corrected chi connectivity index (χ2v) is 22.2. The van der Waals surface area contributed by atoms with Gasteiger partial charge in [-0.05, 0) is 51.3 Å². The minimum atomic E-state index is -2.66. The second-order valence-electron chi connectivity index (χ2n) is 10.5. The average molecular weight is 757 g/mol. The molecule has 2 fully saturated rings. The largest absolute Gasteiger partial charge is 0.466 e. The molecule has 0 N–H and O–H groups in total. The van der Waals surface area contributed by atoms with Gasteiger partial charge in [0.05, 0.1) is 59.3 Å². The zero-order valence-corrected chi connectivity index (χ0v) is 31.7. The molecule has 2 aliphatic heterocycles. The Morgan fingerprint density at radius 2 is 1.13 bits per heavy atom. The Balaban J connectivity index is 0. The quantitative estimate of drug-likeness (QED) is 0.0814. The Hall–Kier alpha value is -0.540. The van der Waals surface area contributed by atoms with Crippen LogP contribution in [0.1, 0.15) is 69.2 Å². The minimum Gasteiger partial charge on any atom is -0.466 e. The van der Waals surface area contributed by atoms with Crippen molar-refractivity contribution in [3.05, 3.63) is 12.2 Å². The van der Waals surface area contributed by atoms with Crippen molar-refractivity contribution in [1.82, 2.24) is 0 Å². The van der Waals surface area contributed by atoms with Crippen LogP contribution in [0, 0.1) is 10.8 Å². The SMILES string of the molecule is C.CC1(C)COP(=S)(S)OC1.CCOC(=O)/C=C\C(=O)OCC.CCOC(=O)CC(SP1(=S)OCC(C)(C)CO1)C(=O)OCC. The van der Waals surface area contributed by atoms with Gasteiger partial charge in [0.25, 0.3) is 0 Å². The topological polar surface area (TPSA) is 142 Å². The summed E-state index contributed by atoms with van der Waals surface area (Å²) in [6.07, 6.45) is 1.98. The number of ether oxygens (including phenoxy) is 4. The third-order valence-corrected chi connectivity index (χ3v) is 12.4. The lowest BCUT2D eigenvalue weighted by atomic mass is 9.97. The van der Waals surface area contributed by atoms with E-state index in [1.807, 2.05) is 13.8 Å². The van der Waals surface area contributed by atoms with E-state index in [0.717, 1.165) is 23.5 Å². The first kappa shape index (κ1) is 46.6. The van der Waals surface area contributed by atoms with Crippen LogP contribution in [-0.2, 0) is 79.8 Å². The molecule has 45 heavy (non-hydrogen) atoms. The predicted molar refractivity (Wildman–Crippen MR) is 187 cm³/mol. The summed E-state index contributed by atoms with van der Waals surface area (Å²) >= 11 is 15.5. The molecule has 0 aliphatic carbocycles. The molecule has 1 atom stereocenters. The molecule has 0 aromatic carbocycles. The molecular weight excluding hydrogens is 707 g/mol. The van der Waals surface area contributed by atoms with Crippen molar-refractivity contribution in [1.29, 1.82) is 0 Å². The fourth-order valence-corrected chi connectivity index (χ4v) is 9.68. The maximum atomic E-state index is 12.0. The summed E-state index contributed by atoms with van der Waals surface area (Å²) in [5.41, 5.74) is -4.81. The Morgan fingerprint density at radius 3 is 1.49 bits per heavy atom. The minimum absolute atomic E-state index is 0. The van der Waals surface area contributed by atoms with Crippen LogP contribution in [0.2, 0.25) is 0 Å². The zero-order chi connectivity index (χ0) is 34.0. The summed E-state index contributed by atoms with van der Waals surface area (Å²) in [6, 6.07) is 0. The van der Waals surface area contributed by atoms with Crippen molar-refractivity contribution in [2.75, 3.05) is 52.9 Å². The second kappa shape index (κ2) is 22.9. The zero-order valence-electron chi connectivity index (χ0n) is 26.6. The molecule has 18 heteroatoms. The van der Waals surface area contributed by atoms with Gasteiger partial charge in [-0.2, -0.15) is 0 Å². The van der Waals surface area contributed by atoms with Crippen molar-refractivity contribution in [2.24, 2.45) is 10.8 Å². The lowest BCUT2D eigenvalue weighted by molar-refractivity contribution is -0.149. The van der Waals surface area contributed by atoms with Crippen LogP contribution < -0.4 is 0 Å². The van der Waals surface area contributed by atoms with Gasteiger partial charge in [0.15, 0.2) is 0 Å². The van der Waals surface area contributed by atoms with Crippen LogP contribution in [0.4, 0.5) is 0 Å². The van der Waals surface area contributed by atoms with Crippen LogP contribution >= 0.6 is 35.0 Å². The van der Waals surface area contributed by atoms with Crippen molar-refractivity contribution < 1.29 is 56.2 Å². The summed E-state index contributed by atoms with van der Waals surface area (Å²) < 4.78 is 40.8. The molecule has 0 radical (unpaired) electrons. The number of rotatable bonds is 11. The van der Waals surface area contributed by atoms with E-state index in [1.165, 1.54) is 0 Å². The number of esters is 4. The molecule has 1 unspecified atom stereocenters. The van der Waals surface area contributed by atoms with E-state index in [9.17, 15) is 19.2 Å². The number of hydrogen-bond donors (Lipinski definition) is 1. The molecule has 2 aliphatic rings. The van der Waals surface area contributed by atoms with E-state index >= 15 is 0 Å². The molecule has 264 valence electrons. The molecular formula is C27H50O12P2S4. The van der Waals surface area contributed by atoms with E-state index in [2.05, 4.69) is 35.6 Å². The molecule has 0 saturated carbocycles. The fourth-order valence-electron chi connectivity index (χ4n) is 2.68. The summed E-state index contributed by atoms with van der Waals surface area (Å²) in [6.45, 7) is 18.3. The van der Waals surface area contributed by atoms with Gasteiger partial charge in [0.1, 0.15) is 5.25 Å². The van der Waals surface area contributed by atoms with Gasteiger partial charge >= 0.3 is 23.9 Å². The van der Waals surface area contributed by atoms with Gasteiger partial charge < -0.3 is 37.0 Å². The third-order valence-electron chi connectivity index (χ3n) is 4.86. The highest BCUT2D eigenvalue weighted by atomic mass is 32.9. The Kier molecular flexibility index (Phi) is 23.7. The standard InChI is InChI=1S/C13H23O6PS2.C8H12O4.C5H11O2PS2.CH4/c1-5-16-11(14)7-10(12(15)17-6-2)22-20(21)18-8-13(3,4)9-19-20;1-3-11-7(9)5-6-8(10)12-4-2;1-5(2)3-6-8(9,10)7-4-5;/h10H,5-9H2,1-4H3;5-6H,3-4H2,1-2H3;3-4H2,1-2H3,(H,9,10);1H4/b;6-5-;;. The first-order valence-corrected chi connectivity index (χ1v) is 21.8. The Bertz CT molecular complexity index is 1020. The number of thiol groups is 1. The molecule has 2 heterocycles. The van der Waals surface area contributed by atoms with E-state index < -0.39 is 40.5 Å². The van der Waals surface area contributed by atoms with Crippen LogP contribution in [0.5, 0.6) is 0 Å². The normalized spacial score (nSPS) is 19.5. The van der Waals surface area contributed by atoms with Gasteiger partial charge in [0, 0.05) is 23.0 Å². The molecule has 0 spiro atoms. The summed E-state index contributed by atoms with van der Waals surface area (Å²) in [4.78, 5) is 45.0. The van der Waals surface area contributed by atoms with Crippen molar-refractivity contribution in [2.45, 2.75) is 74.5 Å². The lowest BCUT2D eigenvalue weighted by Crippen LogP contribution is -2.30. The molecule has 0 aromatic heterocycles. The highest BCUT2D eigenvalue weighted by Crippen LogP contribution is 2.66. The maximum Gasteiger partial charge on any atom is 0.330 e. The number of hydrogen-bond acceptors (Lipinski definition) is 15. The van der Waals surface area contributed by atoms with E-state index in [4.69, 9.17) is 51.2 Å². The van der Waals surface area contributed by atoms with Gasteiger partial charge in [-0.3, -0.25) is 9.59 Å².